The minimum atomic E-state index is -3.62. The van der Waals surface area contributed by atoms with Gasteiger partial charge in [0.1, 0.15) is 0 Å². The number of amides is 2. The first-order chi connectivity index (χ1) is 14.9. The number of hydrogen-bond donors (Lipinski definition) is 1. The van der Waals surface area contributed by atoms with Gasteiger partial charge in [0.15, 0.2) is 11.5 Å². The second-order valence-electron chi connectivity index (χ2n) is 7.54. The van der Waals surface area contributed by atoms with E-state index in [1.165, 1.54) is 4.31 Å². The molecule has 2 aliphatic rings. The van der Waals surface area contributed by atoms with Crippen LogP contribution in [0.4, 0.5) is 10.5 Å². The normalized spacial score (nSPS) is 16.6. The molecule has 0 unspecified atom stereocenters. The van der Waals surface area contributed by atoms with E-state index in [9.17, 15) is 13.2 Å². The van der Waals surface area contributed by atoms with Gasteiger partial charge in [-0.3, -0.25) is 0 Å². The number of urea groups is 1. The molecule has 31 heavy (non-hydrogen) atoms. The van der Waals surface area contributed by atoms with Gasteiger partial charge in [0.05, 0.1) is 4.90 Å². The van der Waals surface area contributed by atoms with E-state index in [1.54, 1.807) is 35.2 Å². The second kappa shape index (κ2) is 7.47. The number of aromatic nitrogens is 1. The van der Waals surface area contributed by atoms with E-state index in [2.05, 4.69) is 5.32 Å². The summed E-state index contributed by atoms with van der Waals surface area (Å²) in [5.41, 5.74) is 1.57. The third-order valence-corrected chi connectivity index (χ3v) is 7.54. The maximum absolute atomic E-state index is 13.1. The molecule has 0 bridgehead atoms. The fourth-order valence-electron chi connectivity index (χ4n) is 3.88. The van der Waals surface area contributed by atoms with Crippen molar-refractivity contribution in [3.8, 4) is 11.5 Å². The molecule has 10 heteroatoms. The molecule has 0 atom stereocenters. The summed E-state index contributed by atoms with van der Waals surface area (Å²) in [4.78, 5) is 14.5. The Labute approximate surface area is 179 Å². The van der Waals surface area contributed by atoms with Gasteiger partial charge in [-0.25, -0.2) is 13.2 Å². The second-order valence-corrected chi connectivity index (χ2v) is 9.47. The first-order valence-electron chi connectivity index (χ1n) is 9.93. The number of nitrogens with one attached hydrogen (secondary N) is 1. The highest BCUT2D eigenvalue weighted by Gasteiger charge is 2.30. The van der Waals surface area contributed by atoms with E-state index in [0.717, 1.165) is 10.9 Å². The lowest BCUT2D eigenvalue weighted by Crippen LogP contribution is -2.51. The van der Waals surface area contributed by atoms with E-state index in [0.29, 0.717) is 30.3 Å². The molecule has 1 fully saturated rings. The fourth-order valence-corrected chi connectivity index (χ4v) is 5.34. The molecule has 0 spiro atoms. The first kappa shape index (κ1) is 19.7. The average Bonchev–Trinajstić information content (AvgIpc) is 3.39. The standard InChI is InChI=1S/C21H22N4O5S/c1-23-7-6-15-12-17(3-4-18(15)23)31(27,28)25-10-8-24(9-11-25)21(26)22-16-2-5-19-20(13-16)30-14-29-19/h2-7,12-13H,8-11,14H2,1H3,(H,22,26). The molecule has 162 valence electrons. The van der Waals surface area contributed by atoms with Crippen LogP contribution in [0.1, 0.15) is 0 Å². The number of carbonyl (C=O) groups excluding carboxylic acids is 1. The molecule has 1 aromatic heterocycles. The van der Waals surface area contributed by atoms with Gasteiger partial charge in [-0.05, 0) is 36.4 Å². The molecule has 2 aliphatic heterocycles. The fraction of sp³-hybridized carbons (Fsp3) is 0.286. The lowest BCUT2D eigenvalue weighted by atomic mass is 10.2. The maximum atomic E-state index is 13.1. The smallest absolute Gasteiger partial charge is 0.321 e. The molecule has 2 amide bonds. The zero-order chi connectivity index (χ0) is 21.6. The van der Waals surface area contributed by atoms with Gasteiger partial charge in [0, 0.05) is 62.1 Å². The van der Waals surface area contributed by atoms with Gasteiger partial charge < -0.3 is 24.3 Å². The van der Waals surface area contributed by atoms with Crippen molar-refractivity contribution in [1.29, 1.82) is 0 Å². The Morgan fingerprint density at radius 2 is 1.74 bits per heavy atom. The van der Waals surface area contributed by atoms with E-state index in [-0.39, 0.29) is 30.8 Å². The van der Waals surface area contributed by atoms with Crippen molar-refractivity contribution in [3.63, 3.8) is 0 Å². The van der Waals surface area contributed by atoms with Crippen molar-refractivity contribution in [3.05, 3.63) is 48.7 Å². The number of benzene rings is 2. The van der Waals surface area contributed by atoms with Crippen LogP contribution in [0.5, 0.6) is 11.5 Å². The molecular formula is C21H22N4O5S. The van der Waals surface area contributed by atoms with Crippen LogP contribution in [0, 0.1) is 0 Å². The molecule has 3 aromatic rings. The van der Waals surface area contributed by atoms with Gasteiger partial charge in [-0.15, -0.1) is 0 Å². The number of carbonyl (C=O) groups is 1. The minimum Gasteiger partial charge on any atom is -0.454 e. The zero-order valence-corrected chi connectivity index (χ0v) is 17.8. The largest absolute Gasteiger partial charge is 0.454 e. The van der Waals surface area contributed by atoms with Crippen LogP contribution in [0.2, 0.25) is 0 Å². The summed E-state index contributed by atoms with van der Waals surface area (Å²) in [6, 6.07) is 12.0. The van der Waals surface area contributed by atoms with Crippen molar-refractivity contribution in [1.82, 2.24) is 13.8 Å². The Morgan fingerprint density at radius 1 is 0.968 bits per heavy atom. The Kier molecular flexibility index (Phi) is 4.75. The van der Waals surface area contributed by atoms with E-state index in [1.807, 2.05) is 29.9 Å². The highest BCUT2D eigenvalue weighted by molar-refractivity contribution is 7.89. The van der Waals surface area contributed by atoms with E-state index in [4.69, 9.17) is 9.47 Å². The van der Waals surface area contributed by atoms with Gasteiger partial charge in [-0.2, -0.15) is 4.31 Å². The topological polar surface area (TPSA) is 93.1 Å². The van der Waals surface area contributed by atoms with Crippen LogP contribution in [0.3, 0.4) is 0 Å². The highest BCUT2D eigenvalue weighted by atomic mass is 32.2. The van der Waals surface area contributed by atoms with Crippen molar-refractivity contribution in [2.24, 2.45) is 7.05 Å². The number of fused-ring (bicyclic) bond motifs is 2. The summed E-state index contributed by atoms with van der Waals surface area (Å²) in [5.74, 6) is 1.23. The monoisotopic (exact) mass is 442 g/mol. The van der Waals surface area contributed by atoms with Gasteiger partial charge in [0.25, 0.3) is 0 Å². The minimum absolute atomic E-state index is 0.167. The van der Waals surface area contributed by atoms with E-state index < -0.39 is 10.0 Å². The Hall–Kier alpha value is -3.24. The number of anilines is 1. The van der Waals surface area contributed by atoms with Crippen LogP contribution in [0.15, 0.2) is 53.6 Å². The van der Waals surface area contributed by atoms with E-state index >= 15 is 0 Å². The Balaban J connectivity index is 1.24. The maximum Gasteiger partial charge on any atom is 0.321 e. The summed E-state index contributed by atoms with van der Waals surface area (Å²) >= 11 is 0. The van der Waals surface area contributed by atoms with Gasteiger partial charge in [-0.1, -0.05) is 0 Å². The number of aryl methyl sites for hydroxylation is 1. The van der Waals surface area contributed by atoms with Crippen LogP contribution in [0.25, 0.3) is 10.9 Å². The number of sulfonamides is 1. The molecule has 0 saturated carbocycles. The third kappa shape index (κ3) is 3.57. The van der Waals surface area contributed by atoms with Gasteiger partial charge in [0.2, 0.25) is 16.8 Å². The molecule has 1 saturated heterocycles. The summed E-state index contributed by atoms with van der Waals surface area (Å²) in [6.07, 6.45) is 1.90. The third-order valence-electron chi connectivity index (χ3n) is 5.64. The SMILES string of the molecule is Cn1ccc2cc(S(=O)(=O)N3CCN(C(=O)Nc4ccc5c(c4)OCO5)CC3)ccc21. The molecule has 2 aromatic carbocycles. The summed E-state index contributed by atoms with van der Waals surface area (Å²) in [7, 11) is -1.70. The molecular weight excluding hydrogens is 420 g/mol. The Bertz CT molecular complexity index is 1260. The number of ether oxygens (including phenoxy) is 2. The van der Waals surface area contributed by atoms with Crippen molar-refractivity contribution >= 4 is 32.6 Å². The highest BCUT2D eigenvalue weighted by Crippen LogP contribution is 2.34. The molecule has 0 radical (unpaired) electrons. The summed E-state index contributed by atoms with van der Waals surface area (Å²) in [5, 5.41) is 3.71. The number of rotatable bonds is 3. The number of piperazine rings is 1. The molecule has 0 aliphatic carbocycles. The molecule has 5 rings (SSSR count). The molecule has 1 N–H and O–H groups in total. The predicted molar refractivity (Wildman–Crippen MR) is 115 cm³/mol. The van der Waals surface area contributed by atoms with Gasteiger partial charge >= 0.3 is 6.03 Å². The summed E-state index contributed by atoms with van der Waals surface area (Å²) in [6.45, 7) is 1.26. The first-order valence-corrected chi connectivity index (χ1v) is 11.4. The van der Waals surface area contributed by atoms with Crippen LogP contribution in [-0.2, 0) is 17.1 Å². The summed E-state index contributed by atoms with van der Waals surface area (Å²) < 4.78 is 40.2. The van der Waals surface area contributed by atoms with Crippen molar-refractivity contribution in [2.75, 3.05) is 38.3 Å². The number of nitrogens with zero attached hydrogens (tertiary/aromatic N) is 3. The van der Waals surface area contributed by atoms with Crippen LogP contribution < -0.4 is 14.8 Å². The molecule has 3 heterocycles. The van der Waals surface area contributed by atoms with Crippen LogP contribution in [-0.4, -0.2) is 61.2 Å². The quantitative estimate of drug-likeness (QED) is 0.673. The lowest BCUT2D eigenvalue weighted by Gasteiger charge is -2.34. The predicted octanol–water partition coefficient (Wildman–Crippen LogP) is 2.45. The average molecular weight is 442 g/mol. The van der Waals surface area contributed by atoms with Crippen molar-refractivity contribution in [2.45, 2.75) is 4.90 Å². The molecule has 9 nitrogen and oxygen atoms in total. The van der Waals surface area contributed by atoms with Crippen LogP contribution >= 0.6 is 0 Å². The lowest BCUT2D eigenvalue weighted by molar-refractivity contribution is 0.174. The van der Waals surface area contributed by atoms with Crippen molar-refractivity contribution < 1.29 is 22.7 Å². The zero-order valence-electron chi connectivity index (χ0n) is 16.9. The Morgan fingerprint density at radius 3 is 2.55 bits per heavy atom. The number of hydrogen-bond acceptors (Lipinski definition) is 5.